The Balaban J connectivity index is 2.55. The molecule has 2 aromatic rings. The van der Waals surface area contributed by atoms with E-state index in [1.807, 2.05) is 14.0 Å². The lowest BCUT2D eigenvalue weighted by atomic mass is 10.0. The van der Waals surface area contributed by atoms with Crippen molar-refractivity contribution in [1.29, 1.82) is 0 Å². The number of aromatic amines is 1. The van der Waals surface area contributed by atoms with Crippen LogP contribution in [0.4, 0.5) is 0 Å². The summed E-state index contributed by atoms with van der Waals surface area (Å²) in [7, 11) is 3.64. The minimum Gasteiger partial charge on any atom is -0.496 e. The summed E-state index contributed by atoms with van der Waals surface area (Å²) in [4.78, 5) is 7.94. The van der Waals surface area contributed by atoms with Gasteiger partial charge in [0.25, 0.3) is 0 Å². The molecule has 0 fully saturated rings. The third-order valence-corrected chi connectivity index (χ3v) is 3.25. The lowest BCUT2D eigenvalue weighted by molar-refractivity contribution is 0.411. The summed E-state index contributed by atoms with van der Waals surface area (Å²) in [5.41, 5.74) is 5.60. The van der Waals surface area contributed by atoms with Gasteiger partial charge in [-0.05, 0) is 51.1 Å². The average molecular weight is 259 g/mol. The van der Waals surface area contributed by atoms with Crippen molar-refractivity contribution in [2.75, 3.05) is 14.2 Å². The average Bonchev–Trinajstić information content (AvgIpc) is 2.73. The van der Waals surface area contributed by atoms with Crippen LogP contribution in [0.3, 0.4) is 0 Å². The van der Waals surface area contributed by atoms with Gasteiger partial charge in [-0.15, -0.1) is 0 Å². The van der Waals surface area contributed by atoms with E-state index in [1.165, 1.54) is 5.56 Å². The summed E-state index contributed by atoms with van der Waals surface area (Å²) in [5.74, 6) is 1.86. The van der Waals surface area contributed by atoms with E-state index in [1.54, 1.807) is 7.11 Å². The first kappa shape index (κ1) is 13.6. The monoisotopic (exact) mass is 259 g/mol. The van der Waals surface area contributed by atoms with Crippen LogP contribution in [-0.2, 0) is 6.54 Å². The highest BCUT2D eigenvalue weighted by atomic mass is 16.5. The highest BCUT2D eigenvalue weighted by molar-refractivity contribution is 5.68. The lowest BCUT2D eigenvalue weighted by Gasteiger charge is -2.11. The van der Waals surface area contributed by atoms with E-state index >= 15 is 0 Å². The molecule has 2 rings (SSSR count). The molecule has 0 aliphatic rings. The summed E-state index contributed by atoms with van der Waals surface area (Å²) in [6.45, 7) is 6.90. The predicted octanol–water partition coefficient (Wildman–Crippen LogP) is 2.73. The predicted molar refractivity (Wildman–Crippen MR) is 77.6 cm³/mol. The fourth-order valence-electron chi connectivity index (χ4n) is 2.33. The molecule has 0 saturated carbocycles. The van der Waals surface area contributed by atoms with E-state index in [-0.39, 0.29) is 0 Å². The van der Waals surface area contributed by atoms with Crippen LogP contribution in [0.1, 0.15) is 22.6 Å². The molecule has 0 bridgehead atoms. The molecule has 1 aromatic heterocycles. The zero-order chi connectivity index (χ0) is 14.0. The van der Waals surface area contributed by atoms with Crippen LogP contribution in [0.5, 0.6) is 5.75 Å². The number of hydrogen-bond donors (Lipinski definition) is 2. The number of nitrogens with one attached hydrogen (secondary N) is 2. The molecule has 102 valence electrons. The molecule has 1 heterocycles. The van der Waals surface area contributed by atoms with Crippen molar-refractivity contribution < 1.29 is 4.74 Å². The number of ether oxygens (including phenoxy) is 1. The molecule has 0 radical (unpaired) electrons. The normalized spacial score (nSPS) is 10.8. The Kier molecular flexibility index (Phi) is 3.90. The number of methoxy groups -OCH3 is 1. The lowest BCUT2D eigenvalue weighted by Crippen LogP contribution is -2.07. The van der Waals surface area contributed by atoms with Crippen LogP contribution < -0.4 is 10.1 Å². The van der Waals surface area contributed by atoms with E-state index in [9.17, 15) is 0 Å². The number of H-pyrrole nitrogens is 1. The molecule has 0 unspecified atom stereocenters. The van der Waals surface area contributed by atoms with E-state index in [2.05, 4.69) is 41.3 Å². The van der Waals surface area contributed by atoms with Gasteiger partial charge in [0.2, 0.25) is 0 Å². The fraction of sp³-hybridized carbons (Fsp3) is 0.400. The van der Waals surface area contributed by atoms with E-state index in [0.717, 1.165) is 40.6 Å². The first-order valence-electron chi connectivity index (χ1n) is 6.42. The Morgan fingerprint density at radius 1 is 1.21 bits per heavy atom. The van der Waals surface area contributed by atoms with Gasteiger partial charge < -0.3 is 15.0 Å². The fourth-order valence-corrected chi connectivity index (χ4v) is 2.33. The van der Waals surface area contributed by atoms with Gasteiger partial charge in [-0.25, -0.2) is 4.98 Å². The van der Waals surface area contributed by atoms with Crippen molar-refractivity contribution in [2.45, 2.75) is 27.3 Å². The summed E-state index contributed by atoms with van der Waals surface area (Å²) < 4.78 is 5.36. The molecule has 0 aliphatic heterocycles. The van der Waals surface area contributed by atoms with Crippen LogP contribution >= 0.6 is 0 Å². The highest BCUT2D eigenvalue weighted by Crippen LogP contribution is 2.30. The van der Waals surface area contributed by atoms with Crippen LogP contribution in [0.2, 0.25) is 0 Å². The van der Waals surface area contributed by atoms with Gasteiger partial charge >= 0.3 is 0 Å². The smallest absolute Gasteiger partial charge is 0.122 e. The van der Waals surface area contributed by atoms with Crippen LogP contribution in [-0.4, -0.2) is 24.1 Å². The van der Waals surface area contributed by atoms with Crippen molar-refractivity contribution >= 4 is 0 Å². The van der Waals surface area contributed by atoms with Crippen LogP contribution in [0.25, 0.3) is 11.3 Å². The molecule has 0 spiro atoms. The summed E-state index contributed by atoms with van der Waals surface area (Å²) >= 11 is 0. The van der Waals surface area contributed by atoms with E-state index in [4.69, 9.17) is 4.74 Å². The SMILES string of the molecule is CNCc1[nH]c(C)nc1-c1cc(C)c(OC)cc1C. The van der Waals surface area contributed by atoms with Crippen molar-refractivity contribution in [1.82, 2.24) is 15.3 Å². The van der Waals surface area contributed by atoms with Gasteiger partial charge in [-0.2, -0.15) is 0 Å². The number of aromatic nitrogens is 2. The second-order valence-electron chi connectivity index (χ2n) is 4.82. The number of aryl methyl sites for hydroxylation is 3. The third kappa shape index (κ3) is 2.63. The van der Waals surface area contributed by atoms with Gasteiger partial charge in [0.05, 0.1) is 18.5 Å². The number of benzene rings is 1. The van der Waals surface area contributed by atoms with Gasteiger partial charge in [0, 0.05) is 12.1 Å². The first-order valence-corrected chi connectivity index (χ1v) is 6.42. The standard InChI is InChI=1S/C15H21N3O/c1-9-7-14(19-5)10(2)6-12(9)15-13(8-16-4)17-11(3)18-15/h6-7,16H,8H2,1-5H3,(H,17,18). The Morgan fingerprint density at radius 3 is 2.58 bits per heavy atom. The molecule has 2 N–H and O–H groups in total. The highest BCUT2D eigenvalue weighted by Gasteiger charge is 2.14. The molecule has 0 aliphatic carbocycles. The van der Waals surface area contributed by atoms with Gasteiger partial charge in [-0.3, -0.25) is 0 Å². The molecule has 1 aromatic carbocycles. The number of nitrogens with zero attached hydrogens (tertiary/aromatic N) is 1. The minimum absolute atomic E-state index is 0.778. The zero-order valence-corrected chi connectivity index (χ0v) is 12.2. The topological polar surface area (TPSA) is 49.9 Å². The summed E-state index contributed by atoms with van der Waals surface area (Å²) in [6.07, 6.45) is 0. The van der Waals surface area contributed by atoms with Crippen molar-refractivity contribution in [3.63, 3.8) is 0 Å². The molecule has 19 heavy (non-hydrogen) atoms. The van der Waals surface area contributed by atoms with Crippen molar-refractivity contribution in [3.05, 3.63) is 34.8 Å². The summed E-state index contributed by atoms with van der Waals surface area (Å²) in [5, 5.41) is 3.17. The minimum atomic E-state index is 0.778. The van der Waals surface area contributed by atoms with Gasteiger partial charge in [0.1, 0.15) is 11.6 Å². The third-order valence-electron chi connectivity index (χ3n) is 3.25. The first-order chi connectivity index (χ1) is 9.06. The van der Waals surface area contributed by atoms with Crippen LogP contribution in [0.15, 0.2) is 12.1 Å². The molecule has 0 saturated heterocycles. The maximum absolute atomic E-state index is 5.36. The van der Waals surface area contributed by atoms with Gasteiger partial charge in [0.15, 0.2) is 0 Å². The Morgan fingerprint density at radius 2 is 1.95 bits per heavy atom. The van der Waals surface area contributed by atoms with E-state index < -0.39 is 0 Å². The number of hydrogen-bond acceptors (Lipinski definition) is 3. The van der Waals surface area contributed by atoms with E-state index in [0.29, 0.717) is 0 Å². The Hall–Kier alpha value is -1.81. The van der Waals surface area contributed by atoms with Crippen LogP contribution in [0, 0.1) is 20.8 Å². The molecule has 4 nitrogen and oxygen atoms in total. The number of imidazole rings is 1. The van der Waals surface area contributed by atoms with Crippen molar-refractivity contribution in [3.8, 4) is 17.0 Å². The van der Waals surface area contributed by atoms with Gasteiger partial charge in [-0.1, -0.05) is 0 Å². The largest absolute Gasteiger partial charge is 0.496 e. The quantitative estimate of drug-likeness (QED) is 0.887. The maximum atomic E-state index is 5.36. The molecule has 4 heteroatoms. The molecule has 0 amide bonds. The van der Waals surface area contributed by atoms with Crippen molar-refractivity contribution in [2.24, 2.45) is 0 Å². The number of rotatable bonds is 4. The second-order valence-corrected chi connectivity index (χ2v) is 4.82. The molecular weight excluding hydrogens is 238 g/mol. The maximum Gasteiger partial charge on any atom is 0.122 e. The Bertz CT molecular complexity index is 587. The Labute approximate surface area is 114 Å². The zero-order valence-electron chi connectivity index (χ0n) is 12.2. The summed E-state index contributed by atoms with van der Waals surface area (Å²) in [6, 6.07) is 4.21. The molecule has 0 atom stereocenters. The second kappa shape index (κ2) is 5.45. The molecular formula is C15H21N3O.